The highest BCUT2D eigenvalue weighted by Gasteiger charge is 2.22. The molecule has 0 aliphatic rings. The van der Waals surface area contributed by atoms with Gasteiger partial charge in [0.1, 0.15) is 27.9 Å². The molecule has 0 amide bonds. The molecule has 0 unspecified atom stereocenters. The van der Waals surface area contributed by atoms with Crippen molar-refractivity contribution < 1.29 is 13.3 Å². The Kier molecular flexibility index (Phi) is 7.57. The molecule has 62 heavy (non-hydrogen) atoms. The minimum atomic E-state index is 0.849. The van der Waals surface area contributed by atoms with Crippen LogP contribution >= 0.6 is 0 Å². The van der Waals surface area contributed by atoms with Crippen LogP contribution in [-0.2, 0) is 0 Å². The lowest BCUT2D eigenvalue weighted by Gasteiger charge is -2.26. The van der Waals surface area contributed by atoms with Crippen molar-refractivity contribution in [2.75, 3.05) is 4.90 Å². The van der Waals surface area contributed by atoms with Crippen LogP contribution in [0.2, 0.25) is 0 Å². The predicted octanol–water partition coefficient (Wildman–Crippen LogP) is 17.0. The van der Waals surface area contributed by atoms with Crippen LogP contribution in [0.4, 0.5) is 17.1 Å². The summed E-state index contributed by atoms with van der Waals surface area (Å²) < 4.78 is 19.8. The van der Waals surface area contributed by atoms with Crippen LogP contribution in [0.5, 0.6) is 0 Å². The van der Waals surface area contributed by atoms with Crippen LogP contribution in [0.25, 0.3) is 110 Å². The number of nitrogens with zero attached hydrogens (tertiary/aromatic N) is 1. The fraction of sp³-hybridized carbons (Fsp3) is 0. The van der Waals surface area contributed by atoms with Gasteiger partial charge in [0, 0.05) is 54.6 Å². The van der Waals surface area contributed by atoms with Gasteiger partial charge in [-0.1, -0.05) is 152 Å². The fourth-order valence-electron chi connectivity index (χ4n) is 9.54. The molecule has 3 aromatic heterocycles. The highest BCUT2D eigenvalue weighted by Crippen LogP contribution is 2.46. The smallest absolute Gasteiger partial charge is 0.159 e. The van der Waals surface area contributed by atoms with Gasteiger partial charge in [-0.3, -0.25) is 0 Å². The topological polar surface area (TPSA) is 42.7 Å². The van der Waals surface area contributed by atoms with Crippen LogP contribution in [0, 0.1) is 0 Å². The second kappa shape index (κ2) is 13.6. The predicted molar refractivity (Wildman–Crippen MR) is 257 cm³/mol. The summed E-state index contributed by atoms with van der Waals surface area (Å²) in [6, 6.07) is 74.9. The van der Waals surface area contributed by atoms with Gasteiger partial charge in [0.15, 0.2) is 5.58 Å². The minimum Gasteiger partial charge on any atom is -0.456 e. The molecule has 4 heteroatoms. The van der Waals surface area contributed by atoms with E-state index in [-0.39, 0.29) is 0 Å². The molecule has 13 aromatic rings. The monoisotopic (exact) mass is 793 g/mol. The van der Waals surface area contributed by atoms with Gasteiger partial charge in [-0.2, -0.15) is 0 Å². The van der Waals surface area contributed by atoms with E-state index in [1.807, 2.05) is 24.3 Å². The van der Waals surface area contributed by atoms with E-state index in [0.29, 0.717) is 0 Å². The maximum Gasteiger partial charge on any atom is 0.159 e. The van der Waals surface area contributed by atoms with Gasteiger partial charge in [0.05, 0.1) is 5.69 Å². The Bertz CT molecular complexity index is 3850. The summed E-state index contributed by atoms with van der Waals surface area (Å²) >= 11 is 0. The van der Waals surface area contributed by atoms with Gasteiger partial charge in [-0.05, 0) is 93.9 Å². The molecule has 3 heterocycles. The summed E-state index contributed by atoms with van der Waals surface area (Å²) in [5.74, 6) is 0. The number of rotatable bonds is 6. The maximum absolute atomic E-state index is 6.96. The number of para-hydroxylation sites is 4. The Morgan fingerprint density at radius 1 is 0.258 bits per heavy atom. The number of anilines is 3. The second-order valence-electron chi connectivity index (χ2n) is 16.0. The summed E-state index contributed by atoms with van der Waals surface area (Å²) in [6.45, 7) is 0. The van der Waals surface area contributed by atoms with E-state index in [2.05, 4.69) is 193 Å². The second-order valence-corrected chi connectivity index (χ2v) is 16.0. The van der Waals surface area contributed by atoms with Crippen molar-refractivity contribution in [3.63, 3.8) is 0 Å². The van der Waals surface area contributed by atoms with Crippen molar-refractivity contribution in [3.8, 4) is 33.4 Å². The molecular weight excluding hydrogens is 759 g/mol. The molecule has 0 spiro atoms. The van der Waals surface area contributed by atoms with E-state index in [1.54, 1.807) is 0 Å². The van der Waals surface area contributed by atoms with Crippen molar-refractivity contribution >= 4 is 93.7 Å². The van der Waals surface area contributed by atoms with Gasteiger partial charge in [0.2, 0.25) is 0 Å². The number of fused-ring (bicyclic) bond motifs is 11. The quantitative estimate of drug-likeness (QED) is 0.168. The van der Waals surface area contributed by atoms with Crippen LogP contribution < -0.4 is 4.90 Å². The van der Waals surface area contributed by atoms with Gasteiger partial charge < -0.3 is 18.2 Å². The maximum atomic E-state index is 6.96. The zero-order chi connectivity index (χ0) is 40.7. The largest absolute Gasteiger partial charge is 0.456 e. The van der Waals surface area contributed by atoms with Gasteiger partial charge >= 0.3 is 0 Å². The van der Waals surface area contributed by atoms with Gasteiger partial charge in [0.25, 0.3) is 0 Å². The molecule has 0 aliphatic heterocycles. The van der Waals surface area contributed by atoms with E-state index >= 15 is 0 Å². The Morgan fingerprint density at radius 2 is 0.790 bits per heavy atom. The van der Waals surface area contributed by atoms with E-state index in [4.69, 9.17) is 13.3 Å². The first-order valence-corrected chi connectivity index (χ1v) is 21.0. The first-order valence-electron chi connectivity index (χ1n) is 21.0. The lowest BCUT2D eigenvalue weighted by Crippen LogP contribution is -2.10. The van der Waals surface area contributed by atoms with Gasteiger partial charge in [-0.25, -0.2) is 0 Å². The first-order chi connectivity index (χ1) is 30.7. The molecule has 13 rings (SSSR count). The lowest BCUT2D eigenvalue weighted by atomic mass is 9.94. The van der Waals surface area contributed by atoms with Gasteiger partial charge in [-0.15, -0.1) is 0 Å². The number of hydrogen-bond acceptors (Lipinski definition) is 4. The van der Waals surface area contributed by atoms with Crippen LogP contribution in [-0.4, -0.2) is 0 Å². The van der Waals surface area contributed by atoms with Crippen molar-refractivity contribution in [1.29, 1.82) is 0 Å². The number of furan rings is 3. The Balaban J connectivity index is 0.945. The molecule has 290 valence electrons. The molecule has 0 N–H and O–H groups in total. The lowest BCUT2D eigenvalue weighted by molar-refractivity contribution is 0.668. The summed E-state index contributed by atoms with van der Waals surface area (Å²) in [5.41, 5.74) is 15.1. The summed E-state index contributed by atoms with van der Waals surface area (Å²) in [7, 11) is 0. The molecule has 0 radical (unpaired) electrons. The number of benzene rings is 10. The zero-order valence-corrected chi connectivity index (χ0v) is 33.4. The Hall–Kier alpha value is -8.34. The highest BCUT2D eigenvalue weighted by atomic mass is 16.3. The average molecular weight is 794 g/mol. The Morgan fingerprint density at radius 3 is 1.55 bits per heavy atom. The van der Waals surface area contributed by atoms with Crippen molar-refractivity contribution in [1.82, 2.24) is 0 Å². The SMILES string of the molecule is c1ccc(-c2ccc(N(c3ccc(-c4cccc5c4oc4c6ccccc6c(-c6ccc7oc8ccccc8c7c6)cc54)cc3)c3cccc4c3oc3ccccc34)cc2)cc1. The standard InChI is InChI=1S/C58H35NO3/c1-2-12-36(13-3-1)37-24-29-40(30-25-37)59(52-21-11-20-47-44-15-6-9-23-54(44)61-58(47)52)41-31-26-38(27-32-41)42-18-10-19-48-51-35-49(43-14-4-5-17-46(43)57(51)62-56(42)48)39-28-33-55-50(34-39)45-16-7-8-22-53(45)60-55/h1-35H. The highest BCUT2D eigenvalue weighted by molar-refractivity contribution is 6.21. The van der Waals surface area contributed by atoms with E-state index in [0.717, 1.165) is 121 Å². The Labute approximate surface area is 356 Å². The van der Waals surface area contributed by atoms with Crippen LogP contribution in [0.15, 0.2) is 226 Å². The normalized spacial score (nSPS) is 11.9. The molecule has 0 fully saturated rings. The number of hydrogen-bond donors (Lipinski definition) is 0. The van der Waals surface area contributed by atoms with E-state index in [1.165, 1.54) is 5.56 Å². The molecule has 0 atom stereocenters. The third kappa shape index (κ3) is 5.33. The summed E-state index contributed by atoms with van der Waals surface area (Å²) in [4.78, 5) is 2.29. The van der Waals surface area contributed by atoms with E-state index in [9.17, 15) is 0 Å². The third-order valence-electron chi connectivity index (χ3n) is 12.5. The zero-order valence-electron chi connectivity index (χ0n) is 33.4. The van der Waals surface area contributed by atoms with E-state index < -0.39 is 0 Å². The molecule has 0 bridgehead atoms. The van der Waals surface area contributed by atoms with Crippen LogP contribution in [0.1, 0.15) is 0 Å². The molecule has 4 nitrogen and oxygen atoms in total. The molecular formula is C58H35NO3. The average Bonchev–Trinajstić information content (AvgIpc) is 4.04. The fourth-order valence-corrected chi connectivity index (χ4v) is 9.54. The molecule has 0 saturated carbocycles. The molecule has 0 aliphatic carbocycles. The van der Waals surface area contributed by atoms with Crippen LogP contribution in [0.3, 0.4) is 0 Å². The summed E-state index contributed by atoms with van der Waals surface area (Å²) in [5, 5.41) is 8.83. The third-order valence-corrected chi connectivity index (χ3v) is 12.5. The first kappa shape index (κ1) is 34.5. The van der Waals surface area contributed by atoms with Crippen molar-refractivity contribution in [2.24, 2.45) is 0 Å². The molecule has 10 aromatic carbocycles. The summed E-state index contributed by atoms with van der Waals surface area (Å²) in [6.07, 6.45) is 0. The minimum absolute atomic E-state index is 0.849. The van der Waals surface area contributed by atoms with Crippen molar-refractivity contribution in [3.05, 3.63) is 212 Å². The molecule has 0 saturated heterocycles. The van der Waals surface area contributed by atoms with Crippen molar-refractivity contribution in [2.45, 2.75) is 0 Å².